The average molecular weight is 243 g/mol. The molecular weight excluding hydrogens is 214 g/mol. The van der Waals surface area contributed by atoms with Crippen LogP contribution in [0.4, 0.5) is 0 Å². The van der Waals surface area contributed by atoms with Crippen molar-refractivity contribution in [3.8, 4) is 0 Å². The van der Waals surface area contributed by atoms with Crippen molar-refractivity contribution in [2.24, 2.45) is 11.7 Å². The summed E-state index contributed by atoms with van der Waals surface area (Å²) in [4.78, 5) is 4.85. The van der Waals surface area contributed by atoms with E-state index < -0.39 is 0 Å². The number of likely N-dealkylation sites (N-methyl/N-ethyl adjacent to an activating group) is 1. The van der Waals surface area contributed by atoms with Crippen LogP contribution in [-0.2, 0) is 4.74 Å². The molecular formula is C13H29N3O. The Kier molecular flexibility index (Phi) is 7.04. The molecule has 1 aliphatic heterocycles. The Morgan fingerprint density at radius 1 is 1.47 bits per heavy atom. The first-order chi connectivity index (χ1) is 8.11. The van der Waals surface area contributed by atoms with E-state index in [0.717, 1.165) is 58.2 Å². The van der Waals surface area contributed by atoms with E-state index in [1.165, 1.54) is 0 Å². The Balaban J connectivity index is 2.24. The van der Waals surface area contributed by atoms with Crippen LogP contribution in [-0.4, -0.2) is 68.8 Å². The van der Waals surface area contributed by atoms with Crippen molar-refractivity contribution in [1.29, 1.82) is 0 Å². The third-order valence-corrected chi connectivity index (χ3v) is 3.09. The molecule has 1 atom stereocenters. The monoisotopic (exact) mass is 243 g/mol. The second-order valence-corrected chi connectivity index (χ2v) is 5.55. The molecule has 1 aliphatic rings. The first kappa shape index (κ1) is 14.9. The van der Waals surface area contributed by atoms with Crippen molar-refractivity contribution in [3.05, 3.63) is 0 Å². The van der Waals surface area contributed by atoms with Crippen molar-refractivity contribution >= 4 is 0 Å². The standard InChI is InChI=1S/C13H29N3O/c1-12(2)9-15(3)10-13-11-16(6-4-5-14)7-8-17-13/h12-13H,4-11,14H2,1-3H3/t13-/m0/s1. The lowest BCUT2D eigenvalue weighted by molar-refractivity contribution is -0.0413. The Bertz CT molecular complexity index is 199. The van der Waals surface area contributed by atoms with Crippen LogP contribution in [0.2, 0.25) is 0 Å². The summed E-state index contributed by atoms with van der Waals surface area (Å²) >= 11 is 0. The van der Waals surface area contributed by atoms with Gasteiger partial charge in [-0.25, -0.2) is 0 Å². The van der Waals surface area contributed by atoms with Crippen LogP contribution in [0.15, 0.2) is 0 Å². The summed E-state index contributed by atoms with van der Waals surface area (Å²) in [5, 5.41) is 0. The second-order valence-electron chi connectivity index (χ2n) is 5.55. The molecule has 0 aromatic carbocycles. The Morgan fingerprint density at radius 2 is 2.24 bits per heavy atom. The molecule has 0 bridgehead atoms. The lowest BCUT2D eigenvalue weighted by atomic mass is 10.2. The molecule has 0 radical (unpaired) electrons. The van der Waals surface area contributed by atoms with Crippen LogP contribution in [0.25, 0.3) is 0 Å². The van der Waals surface area contributed by atoms with Gasteiger partial charge in [0.15, 0.2) is 0 Å². The number of ether oxygens (including phenoxy) is 1. The highest BCUT2D eigenvalue weighted by Gasteiger charge is 2.21. The molecule has 4 nitrogen and oxygen atoms in total. The summed E-state index contributed by atoms with van der Waals surface area (Å²) in [6.07, 6.45) is 1.46. The van der Waals surface area contributed by atoms with Gasteiger partial charge in [-0.2, -0.15) is 0 Å². The third-order valence-electron chi connectivity index (χ3n) is 3.09. The van der Waals surface area contributed by atoms with Gasteiger partial charge in [-0.05, 0) is 32.5 Å². The van der Waals surface area contributed by atoms with Crippen molar-refractivity contribution < 1.29 is 4.74 Å². The van der Waals surface area contributed by atoms with E-state index in [1.54, 1.807) is 0 Å². The fourth-order valence-electron chi connectivity index (χ4n) is 2.45. The zero-order valence-electron chi connectivity index (χ0n) is 11.7. The molecule has 1 fully saturated rings. The van der Waals surface area contributed by atoms with E-state index in [1.807, 2.05) is 0 Å². The quantitative estimate of drug-likeness (QED) is 0.712. The summed E-state index contributed by atoms with van der Waals surface area (Å²) in [6.45, 7) is 11.6. The third kappa shape index (κ3) is 6.36. The molecule has 102 valence electrons. The fraction of sp³-hybridized carbons (Fsp3) is 1.00. The minimum atomic E-state index is 0.366. The first-order valence-corrected chi connectivity index (χ1v) is 6.84. The summed E-state index contributed by atoms with van der Waals surface area (Å²) in [7, 11) is 2.18. The van der Waals surface area contributed by atoms with Gasteiger partial charge in [0.2, 0.25) is 0 Å². The number of hydrogen-bond donors (Lipinski definition) is 1. The maximum atomic E-state index is 5.83. The first-order valence-electron chi connectivity index (χ1n) is 6.84. The van der Waals surface area contributed by atoms with Crippen LogP contribution in [0.5, 0.6) is 0 Å². The Morgan fingerprint density at radius 3 is 2.88 bits per heavy atom. The number of rotatable bonds is 7. The predicted octanol–water partition coefficient (Wildman–Crippen LogP) is 0.624. The molecule has 4 heteroatoms. The van der Waals surface area contributed by atoms with Gasteiger partial charge in [0.25, 0.3) is 0 Å². The van der Waals surface area contributed by atoms with Crippen LogP contribution >= 0.6 is 0 Å². The lowest BCUT2D eigenvalue weighted by Gasteiger charge is -2.35. The van der Waals surface area contributed by atoms with Gasteiger partial charge in [0, 0.05) is 26.2 Å². The maximum absolute atomic E-state index is 5.83. The minimum absolute atomic E-state index is 0.366. The lowest BCUT2D eigenvalue weighted by Crippen LogP contribution is -2.47. The molecule has 1 rings (SSSR count). The summed E-state index contributed by atoms with van der Waals surface area (Å²) in [5.41, 5.74) is 5.55. The van der Waals surface area contributed by atoms with Crippen molar-refractivity contribution in [3.63, 3.8) is 0 Å². The summed E-state index contributed by atoms with van der Waals surface area (Å²) < 4.78 is 5.83. The topological polar surface area (TPSA) is 41.7 Å². The Labute approximate surface area is 106 Å². The van der Waals surface area contributed by atoms with Gasteiger partial charge in [0.05, 0.1) is 12.7 Å². The zero-order chi connectivity index (χ0) is 12.7. The molecule has 1 saturated heterocycles. The smallest absolute Gasteiger partial charge is 0.0829 e. The van der Waals surface area contributed by atoms with Gasteiger partial charge >= 0.3 is 0 Å². The number of hydrogen-bond acceptors (Lipinski definition) is 4. The van der Waals surface area contributed by atoms with Gasteiger partial charge in [-0.3, -0.25) is 4.90 Å². The van der Waals surface area contributed by atoms with E-state index in [2.05, 4.69) is 30.7 Å². The molecule has 0 aromatic rings. The van der Waals surface area contributed by atoms with Crippen LogP contribution in [0.3, 0.4) is 0 Å². The van der Waals surface area contributed by atoms with Crippen molar-refractivity contribution in [2.45, 2.75) is 26.4 Å². The van der Waals surface area contributed by atoms with E-state index in [0.29, 0.717) is 6.10 Å². The highest BCUT2D eigenvalue weighted by atomic mass is 16.5. The highest BCUT2D eigenvalue weighted by molar-refractivity contribution is 4.74. The largest absolute Gasteiger partial charge is 0.374 e. The molecule has 1 heterocycles. The molecule has 0 unspecified atom stereocenters. The number of nitrogens with two attached hydrogens (primary N) is 1. The van der Waals surface area contributed by atoms with E-state index >= 15 is 0 Å². The van der Waals surface area contributed by atoms with E-state index in [-0.39, 0.29) is 0 Å². The van der Waals surface area contributed by atoms with Gasteiger partial charge in [0.1, 0.15) is 0 Å². The van der Waals surface area contributed by atoms with Crippen molar-refractivity contribution in [2.75, 3.05) is 52.9 Å². The van der Waals surface area contributed by atoms with Crippen LogP contribution in [0, 0.1) is 5.92 Å². The highest BCUT2D eigenvalue weighted by Crippen LogP contribution is 2.08. The zero-order valence-corrected chi connectivity index (χ0v) is 11.7. The number of nitrogens with zero attached hydrogens (tertiary/aromatic N) is 2. The van der Waals surface area contributed by atoms with Gasteiger partial charge in [-0.1, -0.05) is 13.8 Å². The average Bonchev–Trinajstić information content (AvgIpc) is 2.25. The van der Waals surface area contributed by atoms with Gasteiger partial charge in [-0.15, -0.1) is 0 Å². The van der Waals surface area contributed by atoms with Gasteiger partial charge < -0.3 is 15.4 Å². The fourth-order valence-corrected chi connectivity index (χ4v) is 2.45. The molecule has 0 amide bonds. The van der Waals surface area contributed by atoms with Crippen LogP contribution in [0.1, 0.15) is 20.3 Å². The normalized spacial score (nSPS) is 22.6. The van der Waals surface area contributed by atoms with E-state index in [4.69, 9.17) is 10.5 Å². The van der Waals surface area contributed by atoms with Crippen LogP contribution < -0.4 is 5.73 Å². The summed E-state index contributed by atoms with van der Waals surface area (Å²) in [5.74, 6) is 0.719. The molecule has 0 aliphatic carbocycles. The molecule has 0 saturated carbocycles. The van der Waals surface area contributed by atoms with Crippen molar-refractivity contribution in [1.82, 2.24) is 9.80 Å². The Hall–Kier alpha value is -0.160. The molecule has 0 aromatic heterocycles. The minimum Gasteiger partial charge on any atom is -0.374 e. The maximum Gasteiger partial charge on any atom is 0.0829 e. The van der Waals surface area contributed by atoms with E-state index in [9.17, 15) is 0 Å². The number of morpholine rings is 1. The summed E-state index contributed by atoms with van der Waals surface area (Å²) in [6, 6.07) is 0. The molecule has 17 heavy (non-hydrogen) atoms. The molecule has 2 N–H and O–H groups in total. The second kappa shape index (κ2) is 8.03. The molecule has 0 spiro atoms. The SMILES string of the molecule is CC(C)CN(C)C[C@H]1CN(CCCN)CCO1. The predicted molar refractivity (Wildman–Crippen MR) is 72.2 cm³/mol.